The zero-order valence-electron chi connectivity index (χ0n) is 13.5. The second-order valence-electron chi connectivity index (χ2n) is 5.99. The molecule has 1 aromatic heterocycles. The van der Waals surface area contributed by atoms with E-state index in [1.54, 1.807) is 12.3 Å². The lowest BCUT2D eigenvalue weighted by atomic mass is 10.1. The molecule has 0 aliphatic carbocycles. The number of benzene rings is 1. The first kappa shape index (κ1) is 15.5. The normalized spacial score (nSPS) is 21.4. The summed E-state index contributed by atoms with van der Waals surface area (Å²) in [4.78, 5) is 22.5. The van der Waals surface area contributed by atoms with Crippen molar-refractivity contribution in [2.24, 2.45) is 5.73 Å². The minimum Gasteiger partial charge on any atom is -0.467 e. The fourth-order valence-electron chi connectivity index (χ4n) is 3.19. The Bertz CT molecular complexity index is 739. The molecule has 0 radical (unpaired) electrons. The number of ether oxygens (including phenoxy) is 1. The summed E-state index contributed by atoms with van der Waals surface area (Å²) in [5.41, 5.74) is 7.39. The van der Waals surface area contributed by atoms with Crippen molar-refractivity contribution in [2.75, 3.05) is 25.1 Å². The summed E-state index contributed by atoms with van der Waals surface area (Å²) in [6, 6.07) is 4.62. The molecule has 23 heavy (non-hydrogen) atoms. The number of piperazine rings is 1. The second-order valence-corrected chi connectivity index (χ2v) is 5.99. The van der Waals surface area contributed by atoms with E-state index in [-0.39, 0.29) is 6.01 Å². The van der Waals surface area contributed by atoms with Crippen LogP contribution in [0.15, 0.2) is 18.3 Å². The number of methoxy groups -OCH3 is 1. The maximum absolute atomic E-state index is 11.7. The predicted molar refractivity (Wildman–Crippen MR) is 88.9 cm³/mol. The van der Waals surface area contributed by atoms with Crippen molar-refractivity contribution in [3.8, 4) is 6.01 Å². The van der Waals surface area contributed by atoms with Crippen LogP contribution in [0.1, 0.15) is 24.2 Å². The largest absolute Gasteiger partial charge is 0.467 e. The van der Waals surface area contributed by atoms with Crippen LogP contribution < -0.4 is 20.7 Å². The Morgan fingerprint density at radius 2 is 2.04 bits per heavy atom. The van der Waals surface area contributed by atoms with Gasteiger partial charge in [0, 0.05) is 42.4 Å². The van der Waals surface area contributed by atoms with Gasteiger partial charge in [0.05, 0.1) is 18.2 Å². The number of carbonyl (C=O) groups excluding carboxylic acids is 1. The van der Waals surface area contributed by atoms with Gasteiger partial charge in [-0.15, -0.1) is 0 Å². The Kier molecular flexibility index (Phi) is 4.04. The fourth-order valence-corrected chi connectivity index (χ4v) is 3.19. The van der Waals surface area contributed by atoms with Crippen molar-refractivity contribution >= 4 is 22.5 Å². The van der Waals surface area contributed by atoms with E-state index in [0.29, 0.717) is 23.2 Å². The monoisotopic (exact) mass is 315 g/mol. The first-order valence-electron chi connectivity index (χ1n) is 7.64. The number of nitrogens with two attached hydrogens (primary N) is 1. The number of nitrogens with one attached hydrogen (secondary N) is 1. The average molecular weight is 315 g/mol. The number of fused-ring (bicyclic) bond motifs is 1. The summed E-state index contributed by atoms with van der Waals surface area (Å²) in [7, 11) is 1.49. The lowest BCUT2D eigenvalue weighted by molar-refractivity contribution is 0.100. The molecule has 0 spiro atoms. The van der Waals surface area contributed by atoms with E-state index < -0.39 is 5.91 Å². The van der Waals surface area contributed by atoms with E-state index >= 15 is 0 Å². The van der Waals surface area contributed by atoms with E-state index in [9.17, 15) is 4.79 Å². The van der Waals surface area contributed by atoms with Gasteiger partial charge in [0.15, 0.2) is 0 Å². The van der Waals surface area contributed by atoms with E-state index in [1.807, 2.05) is 6.07 Å². The van der Waals surface area contributed by atoms with E-state index in [1.165, 1.54) is 7.11 Å². The molecule has 3 N–H and O–H groups in total. The van der Waals surface area contributed by atoms with Crippen LogP contribution in [0.5, 0.6) is 6.01 Å². The standard InChI is InChI=1S/C16H21N5O2/c1-9-7-21(8-10(2)19-9)13-5-4-11(15(17)22)14-12(13)6-18-16(20-14)23-3/h4-6,9-10,19H,7-8H2,1-3H3,(H2,17,22). The molecule has 2 heterocycles. The first-order chi connectivity index (χ1) is 11.0. The average Bonchev–Trinajstić information content (AvgIpc) is 2.52. The number of aromatic nitrogens is 2. The zero-order valence-corrected chi connectivity index (χ0v) is 13.5. The SMILES string of the molecule is COc1ncc2c(N3CC(C)NC(C)C3)ccc(C(N)=O)c2n1. The van der Waals surface area contributed by atoms with Crippen molar-refractivity contribution in [3.05, 3.63) is 23.9 Å². The lowest BCUT2D eigenvalue weighted by Crippen LogP contribution is -2.54. The molecule has 2 aromatic rings. The van der Waals surface area contributed by atoms with Gasteiger partial charge in [-0.2, -0.15) is 4.98 Å². The highest BCUT2D eigenvalue weighted by Crippen LogP contribution is 2.30. The summed E-state index contributed by atoms with van der Waals surface area (Å²) in [6.07, 6.45) is 1.69. The molecule has 1 aromatic carbocycles. The van der Waals surface area contributed by atoms with Gasteiger partial charge in [-0.3, -0.25) is 4.79 Å². The van der Waals surface area contributed by atoms with Crippen molar-refractivity contribution in [1.82, 2.24) is 15.3 Å². The summed E-state index contributed by atoms with van der Waals surface area (Å²) >= 11 is 0. The number of carbonyl (C=O) groups is 1. The maximum Gasteiger partial charge on any atom is 0.316 e. The molecule has 1 aliphatic rings. The molecule has 0 bridgehead atoms. The highest BCUT2D eigenvalue weighted by molar-refractivity contribution is 6.08. The predicted octanol–water partition coefficient (Wildman–Crippen LogP) is 0.924. The molecule has 0 saturated carbocycles. The molecule has 7 nitrogen and oxygen atoms in total. The van der Waals surface area contributed by atoms with Crippen molar-refractivity contribution < 1.29 is 9.53 Å². The Labute approximate surface area is 134 Å². The molecule has 1 amide bonds. The van der Waals surface area contributed by atoms with Crippen molar-refractivity contribution in [1.29, 1.82) is 0 Å². The molecular weight excluding hydrogens is 294 g/mol. The third-order valence-corrected chi connectivity index (χ3v) is 4.05. The maximum atomic E-state index is 11.7. The third kappa shape index (κ3) is 2.92. The number of rotatable bonds is 3. The first-order valence-corrected chi connectivity index (χ1v) is 7.64. The Morgan fingerprint density at radius 3 is 2.65 bits per heavy atom. The minimum atomic E-state index is -0.510. The topological polar surface area (TPSA) is 93.4 Å². The van der Waals surface area contributed by atoms with Crippen molar-refractivity contribution in [3.63, 3.8) is 0 Å². The van der Waals surface area contributed by atoms with Crippen LogP contribution in [0.3, 0.4) is 0 Å². The van der Waals surface area contributed by atoms with Crippen LogP contribution >= 0.6 is 0 Å². The van der Waals surface area contributed by atoms with Gasteiger partial charge >= 0.3 is 6.01 Å². The molecule has 1 saturated heterocycles. The van der Waals surface area contributed by atoms with Gasteiger partial charge < -0.3 is 20.7 Å². The van der Waals surface area contributed by atoms with Crippen LogP contribution in [0, 0.1) is 0 Å². The molecule has 3 rings (SSSR count). The molecule has 1 fully saturated rings. The third-order valence-electron chi connectivity index (χ3n) is 4.05. The fraction of sp³-hybridized carbons (Fsp3) is 0.438. The minimum absolute atomic E-state index is 0.221. The van der Waals surface area contributed by atoms with Crippen LogP contribution in [-0.4, -0.2) is 48.2 Å². The van der Waals surface area contributed by atoms with Crippen LogP contribution in [0.2, 0.25) is 0 Å². The summed E-state index contributed by atoms with van der Waals surface area (Å²) < 4.78 is 5.08. The van der Waals surface area contributed by atoms with Gasteiger partial charge in [-0.25, -0.2) is 4.98 Å². The Morgan fingerprint density at radius 1 is 1.35 bits per heavy atom. The lowest BCUT2D eigenvalue weighted by Gasteiger charge is -2.38. The Hall–Kier alpha value is -2.41. The smallest absolute Gasteiger partial charge is 0.316 e. The highest BCUT2D eigenvalue weighted by atomic mass is 16.5. The van der Waals surface area contributed by atoms with Gasteiger partial charge in [0.1, 0.15) is 0 Å². The van der Waals surface area contributed by atoms with E-state index in [4.69, 9.17) is 10.5 Å². The van der Waals surface area contributed by atoms with Gasteiger partial charge in [-0.1, -0.05) is 0 Å². The number of anilines is 1. The molecular formula is C16H21N5O2. The van der Waals surface area contributed by atoms with E-state index in [2.05, 4.69) is 34.0 Å². The number of nitrogens with zero attached hydrogens (tertiary/aromatic N) is 3. The number of amides is 1. The van der Waals surface area contributed by atoms with Crippen LogP contribution in [0.25, 0.3) is 10.9 Å². The molecule has 122 valence electrons. The zero-order chi connectivity index (χ0) is 16.6. The Balaban J connectivity index is 2.15. The van der Waals surface area contributed by atoms with Gasteiger partial charge in [-0.05, 0) is 26.0 Å². The molecule has 1 aliphatic heterocycles. The summed E-state index contributed by atoms with van der Waals surface area (Å²) in [5, 5.41) is 4.32. The van der Waals surface area contributed by atoms with Crippen LogP contribution in [-0.2, 0) is 0 Å². The summed E-state index contributed by atoms with van der Waals surface area (Å²) in [6.45, 7) is 6.06. The molecule has 2 unspecified atom stereocenters. The van der Waals surface area contributed by atoms with Crippen LogP contribution in [0.4, 0.5) is 5.69 Å². The van der Waals surface area contributed by atoms with E-state index in [0.717, 1.165) is 24.2 Å². The van der Waals surface area contributed by atoms with Gasteiger partial charge in [0.25, 0.3) is 5.91 Å². The van der Waals surface area contributed by atoms with Crippen molar-refractivity contribution in [2.45, 2.75) is 25.9 Å². The highest BCUT2D eigenvalue weighted by Gasteiger charge is 2.24. The molecule has 2 atom stereocenters. The number of hydrogen-bond donors (Lipinski definition) is 2. The quantitative estimate of drug-likeness (QED) is 0.875. The number of hydrogen-bond acceptors (Lipinski definition) is 6. The van der Waals surface area contributed by atoms with Gasteiger partial charge in [0.2, 0.25) is 0 Å². The molecule has 7 heteroatoms. The second kappa shape index (κ2) is 6.00. The summed E-state index contributed by atoms with van der Waals surface area (Å²) in [5.74, 6) is -0.510. The number of primary amides is 1.